The number of hydrogen-bond donors (Lipinski definition) is 1. The summed E-state index contributed by atoms with van der Waals surface area (Å²) in [5.74, 6) is 0.464. The first-order chi connectivity index (χ1) is 10.3. The third-order valence-electron chi connectivity index (χ3n) is 3.06. The van der Waals surface area contributed by atoms with Crippen LogP contribution in [0, 0.1) is 13.8 Å². The molecule has 0 spiro atoms. The van der Waals surface area contributed by atoms with Crippen LogP contribution in [-0.2, 0) is 4.79 Å². The van der Waals surface area contributed by atoms with Crippen molar-refractivity contribution in [1.82, 2.24) is 0 Å². The fraction of sp³-hybridized carbons (Fsp3) is 0.235. The van der Waals surface area contributed by atoms with E-state index in [2.05, 4.69) is 27.3 Å². The van der Waals surface area contributed by atoms with Gasteiger partial charge in [-0.2, -0.15) is 0 Å². The molecule has 0 aliphatic carbocycles. The van der Waals surface area contributed by atoms with Crippen molar-refractivity contribution in [2.45, 2.75) is 26.9 Å². The van der Waals surface area contributed by atoms with Crippen molar-refractivity contribution in [2.24, 2.45) is 0 Å². The van der Waals surface area contributed by atoms with Gasteiger partial charge in [0.1, 0.15) is 5.75 Å². The fourth-order valence-corrected chi connectivity index (χ4v) is 2.50. The van der Waals surface area contributed by atoms with Crippen LogP contribution < -0.4 is 10.1 Å². The summed E-state index contributed by atoms with van der Waals surface area (Å²) in [5, 5.41) is 3.33. The number of anilines is 1. The van der Waals surface area contributed by atoms with E-state index in [4.69, 9.17) is 16.3 Å². The lowest BCUT2D eigenvalue weighted by molar-refractivity contribution is -0.122. The summed E-state index contributed by atoms with van der Waals surface area (Å²) in [6.45, 7) is 5.70. The fourth-order valence-electron chi connectivity index (χ4n) is 2.08. The number of halogens is 2. The number of amides is 1. The molecular weight excluding hydrogens is 366 g/mol. The number of benzene rings is 2. The third-order valence-corrected chi connectivity index (χ3v) is 4.30. The quantitative estimate of drug-likeness (QED) is 0.796. The predicted molar refractivity (Wildman–Crippen MR) is 93.8 cm³/mol. The van der Waals surface area contributed by atoms with Crippen LogP contribution in [0.3, 0.4) is 0 Å². The van der Waals surface area contributed by atoms with E-state index in [9.17, 15) is 4.79 Å². The van der Waals surface area contributed by atoms with Crippen LogP contribution in [0.2, 0.25) is 5.02 Å². The SMILES string of the molecule is Cc1cc(C)cc(O[C@H](C)C(=O)Nc2ccc(Br)c(Cl)c2)c1. The number of rotatable bonds is 4. The van der Waals surface area contributed by atoms with Gasteiger partial charge in [0, 0.05) is 10.2 Å². The Morgan fingerprint density at radius 1 is 1.18 bits per heavy atom. The highest BCUT2D eigenvalue weighted by Gasteiger charge is 2.15. The molecule has 0 heterocycles. The van der Waals surface area contributed by atoms with Gasteiger partial charge >= 0.3 is 0 Å². The molecule has 0 saturated heterocycles. The van der Waals surface area contributed by atoms with Gasteiger partial charge in [0.05, 0.1) is 5.02 Å². The Morgan fingerprint density at radius 2 is 1.82 bits per heavy atom. The smallest absolute Gasteiger partial charge is 0.265 e. The maximum atomic E-state index is 12.2. The second-order valence-electron chi connectivity index (χ2n) is 5.20. The minimum Gasteiger partial charge on any atom is -0.481 e. The van der Waals surface area contributed by atoms with Gasteiger partial charge in [0.15, 0.2) is 6.10 Å². The van der Waals surface area contributed by atoms with Crippen molar-refractivity contribution >= 4 is 39.1 Å². The largest absolute Gasteiger partial charge is 0.481 e. The van der Waals surface area contributed by atoms with Crippen molar-refractivity contribution in [1.29, 1.82) is 0 Å². The normalized spacial score (nSPS) is 11.9. The molecule has 0 aromatic heterocycles. The Labute approximate surface area is 143 Å². The molecule has 0 fully saturated rings. The number of nitrogens with one attached hydrogen (secondary N) is 1. The van der Waals surface area contributed by atoms with Gasteiger partial charge in [-0.1, -0.05) is 17.7 Å². The van der Waals surface area contributed by atoms with Crippen LogP contribution in [0.1, 0.15) is 18.1 Å². The van der Waals surface area contributed by atoms with Gasteiger partial charge in [-0.05, 0) is 78.2 Å². The molecule has 2 aromatic carbocycles. The van der Waals surface area contributed by atoms with Gasteiger partial charge in [-0.15, -0.1) is 0 Å². The van der Waals surface area contributed by atoms with Crippen LogP contribution in [0.25, 0.3) is 0 Å². The van der Waals surface area contributed by atoms with Crippen molar-refractivity contribution < 1.29 is 9.53 Å². The number of hydrogen-bond acceptors (Lipinski definition) is 2. The number of carbonyl (C=O) groups is 1. The number of ether oxygens (including phenoxy) is 1. The summed E-state index contributed by atoms with van der Waals surface area (Å²) in [7, 11) is 0. The van der Waals surface area contributed by atoms with Crippen molar-refractivity contribution in [3.8, 4) is 5.75 Å². The van der Waals surface area contributed by atoms with E-state index in [0.29, 0.717) is 16.5 Å². The van der Waals surface area contributed by atoms with Gasteiger partial charge < -0.3 is 10.1 Å². The summed E-state index contributed by atoms with van der Waals surface area (Å²) < 4.78 is 6.49. The van der Waals surface area contributed by atoms with E-state index in [-0.39, 0.29) is 5.91 Å². The Morgan fingerprint density at radius 3 is 2.41 bits per heavy atom. The van der Waals surface area contributed by atoms with Crippen molar-refractivity contribution in [3.63, 3.8) is 0 Å². The lowest BCUT2D eigenvalue weighted by Crippen LogP contribution is -2.30. The third kappa shape index (κ3) is 4.49. The molecule has 0 saturated carbocycles. The highest BCUT2D eigenvalue weighted by Crippen LogP contribution is 2.25. The molecule has 1 N–H and O–H groups in total. The molecule has 116 valence electrons. The van der Waals surface area contributed by atoms with Crippen LogP contribution in [0.4, 0.5) is 5.69 Å². The first-order valence-electron chi connectivity index (χ1n) is 6.86. The molecule has 2 aromatic rings. The molecule has 0 bridgehead atoms. The van der Waals surface area contributed by atoms with E-state index in [0.717, 1.165) is 15.6 Å². The summed E-state index contributed by atoms with van der Waals surface area (Å²) in [6.07, 6.45) is -0.608. The standard InChI is InChI=1S/C17H17BrClNO2/c1-10-6-11(2)8-14(7-10)22-12(3)17(21)20-13-4-5-15(18)16(19)9-13/h4-9,12H,1-3H3,(H,20,21)/t12-/m1/s1. The molecule has 3 nitrogen and oxygen atoms in total. The Kier molecular flexibility index (Phi) is 5.48. The molecule has 2 rings (SSSR count). The van der Waals surface area contributed by atoms with Crippen molar-refractivity contribution in [3.05, 3.63) is 57.0 Å². The lowest BCUT2D eigenvalue weighted by atomic mass is 10.1. The van der Waals surface area contributed by atoms with Crippen LogP contribution in [0.5, 0.6) is 5.75 Å². The molecule has 0 aliphatic heterocycles. The highest BCUT2D eigenvalue weighted by molar-refractivity contribution is 9.10. The summed E-state index contributed by atoms with van der Waals surface area (Å²) >= 11 is 9.32. The van der Waals surface area contributed by atoms with Gasteiger partial charge in [-0.25, -0.2) is 0 Å². The number of carbonyl (C=O) groups excluding carboxylic acids is 1. The van der Waals surface area contributed by atoms with E-state index in [1.54, 1.807) is 25.1 Å². The first-order valence-corrected chi connectivity index (χ1v) is 8.03. The monoisotopic (exact) mass is 381 g/mol. The second kappa shape index (κ2) is 7.16. The predicted octanol–water partition coefficient (Wildman–Crippen LogP) is 5.13. The maximum absolute atomic E-state index is 12.2. The minimum absolute atomic E-state index is 0.224. The zero-order valence-corrected chi connectivity index (χ0v) is 15.0. The van der Waals surface area contributed by atoms with E-state index in [1.165, 1.54) is 0 Å². The maximum Gasteiger partial charge on any atom is 0.265 e. The molecule has 1 amide bonds. The lowest BCUT2D eigenvalue weighted by Gasteiger charge is -2.16. The van der Waals surface area contributed by atoms with E-state index >= 15 is 0 Å². The molecule has 1 atom stereocenters. The highest BCUT2D eigenvalue weighted by atomic mass is 79.9. The second-order valence-corrected chi connectivity index (χ2v) is 6.46. The average molecular weight is 383 g/mol. The zero-order chi connectivity index (χ0) is 16.3. The zero-order valence-electron chi connectivity index (χ0n) is 12.6. The topological polar surface area (TPSA) is 38.3 Å². The van der Waals surface area contributed by atoms with Crippen LogP contribution >= 0.6 is 27.5 Å². The summed E-state index contributed by atoms with van der Waals surface area (Å²) in [4.78, 5) is 12.2. The summed E-state index contributed by atoms with van der Waals surface area (Å²) in [5.41, 5.74) is 2.83. The number of aryl methyl sites for hydroxylation is 2. The molecular formula is C17H17BrClNO2. The molecule has 0 aliphatic rings. The Balaban J connectivity index is 2.04. The van der Waals surface area contributed by atoms with Crippen LogP contribution in [-0.4, -0.2) is 12.0 Å². The molecule has 5 heteroatoms. The average Bonchev–Trinajstić information content (AvgIpc) is 2.41. The minimum atomic E-state index is -0.608. The van der Waals surface area contributed by atoms with E-state index in [1.807, 2.05) is 26.0 Å². The Bertz CT molecular complexity index is 683. The Hall–Kier alpha value is -1.52. The molecule has 0 unspecified atom stereocenters. The molecule has 22 heavy (non-hydrogen) atoms. The van der Waals surface area contributed by atoms with Gasteiger partial charge in [0.25, 0.3) is 5.91 Å². The van der Waals surface area contributed by atoms with Gasteiger partial charge in [-0.3, -0.25) is 4.79 Å². The first kappa shape index (κ1) is 16.8. The molecule has 0 radical (unpaired) electrons. The van der Waals surface area contributed by atoms with Crippen molar-refractivity contribution in [2.75, 3.05) is 5.32 Å². The van der Waals surface area contributed by atoms with Gasteiger partial charge in [0.2, 0.25) is 0 Å². The summed E-state index contributed by atoms with van der Waals surface area (Å²) in [6, 6.07) is 11.1. The van der Waals surface area contributed by atoms with E-state index < -0.39 is 6.10 Å². The van der Waals surface area contributed by atoms with Crippen LogP contribution in [0.15, 0.2) is 40.9 Å².